The van der Waals surface area contributed by atoms with Crippen molar-refractivity contribution < 1.29 is 4.92 Å². The largest absolute Gasteiger partial charge is 0.311 e. The molecule has 1 N–H and O–H groups in total. The molecular weight excluding hydrogens is 240 g/mol. The van der Waals surface area contributed by atoms with Crippen LogP contribution in [0.25, 0.3) is 0 Å². The van der Waals surface area contributed by atoms with E-state index < -0.39 is 0 Å². The van der Waals surface area contributed by atoms with Gasteiger partial charge in [-0.05, 0) is 45.1 Å². The monoisotopic (exact) mass is 262 g/mol. The van der Waals surface area contributed by atoms with Gasteiger partial charge in [0.1, 0.15) is 0 Å². The number of piperidine rings is 1. The van der Waals surface area contributed by atoms with E-state index in [0.717, 1.165) is 24.0 Å². The van der Waals surface area contributed by atoms with E-state index in [9.17, 15) is 10.1 Å². The molecule has 104 valence electrons. The first-order chi connectivity index (χ1) is 9.06. The van der Waals surface area contributed by atoms with Crippen molar-refractivity contribution in [2.45, 2.75) is 58.0 Å². The third kappa shape index (κ3) is 3.77. The van der Waals surface area contributed by atoms with Gasteiger partial charge in [0.05, 0.1) is 4.92 Å². The lowest BCUT2D eigenvalue weighted by atomic mass is 9.94. The molecule has 1 aliphatic heterocycles. The average molecular weight is 262 g/mol. The van der Waals surface area contributed by atoms with Crippen LogP contribution in [0, 0.1) is 17.0 Å². The van der Waals surface area contributed by atoms with Gasteiger partial charge in [0.2, 0.25) is 0 Å². The second-order valence-electron chi connectivity index (χ2n) is 5.61. The Labute approximate surface area is 114 Å². The predicted molar refractivity (Wildman–Crippen MR) is 76.4 cm³/mol. The summed E-state index contributed by atoms with van der Waals surface area (Å²) in [6, 6.07) is 6.75. The summed E-state index contributed by atoms with van der Waals surface area (Å²) in [5.41, 5.74) is 2.04. The molecule has 2 unspecified atom stereocenters. The maximum Gasteiger partial charge on any atom is 0.272 e. The van der Waals surface area contributed by atoms with Crippen LogP contribution in [0.5, 0.6) is 0 Å². The Morgan fingerprint density at radius 2 is 2.21 bits per heavy atom. The van der Waals surface area contributed by atoms with Crippen LogP contribution in [0.1, 0.15) is 43.7 Å². The second-order valence-corrected chi connectivity index (χ2v) is 5.61. The molecule has 0 spiro atoms. The molecule has 0 aliphatic carbocycles. The molecule has 19 heavy (non-hydrogen) atoms. The topological polar surface area (TPSA) is 55.2 Å². The van der Waals surface area contributed by atoms with Crippen LogP contribution in [0.3, 0.4) is 0 Å². The van der Waals surface area contributed by atoms with Gasteiger partial charge in [-0.2, -0.15) is 0 Å². The molecule has 4 heteroatoms. The number of aryl methyl sites for hydroxylation is 2. The van der Waals surface area contributed by atoms with Crippen molar-refractivity contribution in [3.8, 4) is 0 Å². The van der Waals surface area contributed by atoms with Gasteiger partial charge in [-0.1, -0.05) is 18.6 Å². The molecule has 0 aromatic heterocycles. The van der Waals surface area contributed by atoms with Gasteiger partial charge in [0, 0.05) is 23.7 Å². The van der Waals surface area contributed by atoms with Crippen molar-refractivity contribution in [2.75, 3.05) is 0 Å². The van der Waals surface area contributed by atoms with E-state index >= 15 is 0 Å². The number of hydrogen-bond donors (Lipinski definition) is 1. The minimum absolute atomic E-state index is 0.238. The molecular formula is C15H22N2O2. The lowest BCUT2D eigenvalue weighted by Gasteiger charge is -2.28. The zero-order valence-electron chi connectivity index (χ0n) is 11.7. The summed E-state index contributed by atoms with van der Waals surface area (Å²) in [4.78, 5) is 10.6. The molecule has 1 heterocycles. The van der Waals surface area contributed by atoms with E-state index in [2.05, 4.69) is 12.2 Å². The normalized spacial score (nSPS) is 23.3. The van der Waals surface area contributed by atoms with Crippen molar-refractivity contribution >= 4 is 5.69 Å². The zero-order chi connectivity index (χ0) is 13.8. The number of rotatable bonds is 4. The molecule has 0 radical (unpaired) electrons. The van der Waals surface area contributed by atoms with E-state index in [-0.39, 0.29) is 10.6 Å². The minimum Gasteiger partial charge on any atom is -0.311 e. The smallest absolute Gasteiger partial charge is 0.272 e. The van der Waals surface area contributed by atoms with Crippen molar-refractivity contribution in [2.24, 2.45) is 0 Å². The number of nitrogens with zero attached hydrogens (tertiary/aromatic N) is 1. The molecule has 0 amide bonds. The summed E-state index contributed by atoms with van der Waals surface area (Å²) in [6.45, 7) is 4.01. The Hall–Kier alpha value is -1.42. The lowest BCUT2D eigenvalue weighted by molar-refractivity contribution is -0.385. The van der Waals surface area contributed by atoms with E-state index in [1.165, 1.54) is 19.3 Å². The van der Waals surface area contributed by atoms with Crippen molar-refractivity contribution in [1.29, 1.82) is 0 Å². The van der Waals surface area contributed by atoms with E-state index in [4.69, 9.17) is 0 Å². The fourth-order valence-electron chi connectivity index (χ4n) is 2.82. The Morgan fingerprint density at radius 1 is 1.42 bits per heavy atom. The van der Waals surface area contributed by atoms with E-state index in [1.54, 1.807) is 13.0 Å². The van der Waals surface area contributed by atoms with Crippen LogP contribution in [0.4, 0.5) is 5.69 Å². The number of hydrogen-bond acceptors (Lipinski definition) is 3. The van der Waals surface area contributed by atoms with Gasteiger partial charge in [0.15, 0.2) is 0 Å². The summed E-state index contributed by atoms with van der Waals surface area (Å²) in [5.74, 6) is 0. The Balaban J connectivity index is 1.96. The molecule has 1 aromatic carbocycles. The minimum atomic E-state index is -0.292. The second kappa shape index (κ2) is 6.15. The number of nitro benzene ring substituents is 1. The zero-order valence-corrected chi connectivity index (χ0v) is 11.7. The van der Waals surface area contributed by atoms with Gasteiger partial charge in [0.25, 0.3) is 5.69 Å². The maximum absolute atomic E-state index is 10.9. The van der Waals surface area contributed by atoms with Crippen LogP contribution in [0.15, 0.2) is 18.2 Å². The molecule has 1 saturated heterocycles. The first kappa shape index (κ1) is 14.0. The first-order valence-corrected chi connectivity index (χ1v) is 7.06. The highest BCUT2D eigenvalue weighted by Gasteiger charge is 2.18. The van der Waals surface area contributed by atoms with Crippen LogP contribution < -0.4 is 5.32 Å². The van der Waals surface area contributed by atoms with Crippen LogP contribution in [-0.4, -0.2) is 17.0 Å². The molecule has 2 rings (SSSR count). The van der Waals surface area contributed by atoms with Crippen molar-refractivity contribution in [3.63, 3.8) is 0 Å². The Bertz CT molecular complexity index is 459. The first-order valence-electron chi connectivity index (χ1n) is 7.06. The predicted octanol–water partition coefficient (Wildman–Crippen LogP) is 3.37. The molecule has 0 saturated carbocycles. The molecule has 4 nitrogen and oxygen atoms in total. The number of benzene rings is 1. The summed E-state index contributed by atoms with van der Waals surface area (Å²) >= 11 is 0. The summed E-state index contributed by atoms with van der Waals surface area (Å²) in [7, 11) is 0. The van der Waals surface area contributed by atoms with E-state index in [0.29, 0.717) is 12.1 Å². The van der Waals surface area contributed by atoms with Crippen molar-refractivity contribution in [1.82, 2.24) is 5.32 Å². The molecule has 1 aliphatic rings. The number of nitro groups is 1. The summed E-state index contributed by atoms with van der Waals surface area (Å²) in [6.07, 6.45) is 5.73. The third-order valence-electron chi connectivity index (χ3n) is 3.96. The Kier molecular flexibility index (Phi) is 4.53. The summed E-state index contributed by atoms with van der Waals surface area (Å²) < 4.78 is 0. The van der Waals surface area contributed by atoms with Gasteiger partial charge in [-0.25, -0.2) is 0 Å². The highest BCUT2D eigenvalue weighted by Crippen LogP contribution is 2.22. The maximum atomic E-state index is 10.9. The third-order valence-corrected chi connectivity index (χ3v) is 3.96. The van der Waals surface area contributed by atoms with Crippen LogP contribution in [-0.2, 0) is 6.42 Å². The van der Waals surface area contributed by atoms with Gasteiger partial charge < -0.3 is 5.32 Å². The van der Waals surface area contributed by atoms with Crippen molar-refractivity contribution in [3.05, 3.63) is 39.4 Å². The quantitative estimate of drug-likeness (QED) is 0.668. The SMILES string of the molecule is Cc1ccc(CCC2CCCC(C)N2)cc1[N+](=O)[O-]. The fourth-order valence-corrected chi connectivity index (χ4v) is 2.82. The average Bonchev–Trinajstić information content (AvgIpc) is 2.37. The van der Waals surface area contributed by atoms with Gasteiger partial charge in [-0.3, -0.25) is 10.1 Å². The Morgan fingerprint density at radius 3 is 2.89 bits per heavy atom. The fraction of sp³-hybridized carbons (Fsp3) is 0.600. The van der Waals surface area contributed by atoms with Crippen LogP contribution >= 0.6 is 0 Å². The molecule has 2 atom stereocenters. The molecule has 1 aromatic rings. The standard InChI is InChI=1S/C15H22N2O2/c1-11-6-7-13(10-15(11)17(18)19)8-9-14-5-3-4-12(2)16-14/h6-7,10,12,14,16H,3-5,8-9H2,1-2H3. The molecule has 1 fully saturated rings. The molecule has 0 bridgehead atoms. The lowest BCUT2D eigenvalue weighted by Crippen LogP contribution is -2.40. The van der Waals surface area contributed by atoms with Crippen LogP contribution in [0.2, 0.25) is 0 Å². The summed E-state index contributed by atoms with van der Waals surface area (Å²) in [5, 5.41) is 14.5. The van der Waals surface area contributed by atoms with Gasteiger partial charge in [-0.15, -0.1) is 0 Å². The number of nitrogens with one attached hydrogen (secondary N) is 1. The highest BCUT2D eigenvalue weighted by atomic mass is 16.6. The van der Waals surface area contributed by atoms with Gasteiger partial charge >= 0.3 is 0 Å². The van der Waals surface area contributed by atoms with E-state index in [1.807, 2.05) is 12.1 Å². The highest BCUT2D eigenvalue weighted by molar-refractivity contribution is 5.42.